The summed E-state index contributed by atoms with van der Waals surface area (Å²) in [5.74, 6) is 0.921. The SMILES string of the molecule is CC1CC(c2ccc(C(F)(F)F)c3ncccc23)CN(C(=O)CC2CCN(C)CC2)C1. The minimum Gasteiger partial charge on any atom is -0.342 e. The van der Waals surface area contributed by atoms with Crippen molar-refractivity contribution in [2.45, 2.75) is 44.7 Å². The van der Waals surface area contributed by atoms with Crippen molar-refractivity contribution >= 4 is 16.8 Å². The Balaban J connectivity index is 1.56. The molecule has 0 aliphatic carbocycles. The van der Waals surface area contributed by atoms with E-state index in [0.717, 1.165) is 50.5 Å². The molecule has 2 fully saturated rings. The van der Waals surface area contributed by atoms with E-state index in [2.05, 4.69) is 23.9 Å². The van der Waals surface area contributed by atoms with E-state index in [4.69, 9.17) is 0 Å². The van der Waals surface area contributed by atoms with Crippen LogP contribution in [-0.4, -0.2) is 53.9 Å². The van der Waals surface area contributed by atoms with Gasteiger partial charge in [-0.15, -0.1) is 0 Å². The molecule has 31 heavy (non-hydrogen) atoms. The van der Waals surface area contributed by atoms with Crippen molar-refractivity contribution in [3.8, 4) is 0 Å². The van der Waals surface area contributed by atoms with Gasteiger partial charge in [-0.25, -0.2) is 0 Å². The average molecular weight is 434 g/mol. The summed E-state index contributed by atoms with van der Waals surface area (Å²) in [6, 6.07) is 6.14. The Morgan fingerprint density at radius 2 is 1.90 bits per heavy atom. The second-order valence-corrected chi connectivity index (χ2v) is 9.39. The molecule has 0 radical (unpaired) electrons. The third kappa shape index (κ3) is 4.86. The molecule has 2 saturated heterocycles. The van der Waals surface area contributed by atoms with E-state index in [9.17, 15) is 18.0 Å². The molecule has 2 atom stereocenters. The minimum atomic E-state index is -4.44. The maximum absolute atomic E-state index is 13.5. The van der Waals surface area contributed by atoms with E-state index in [1.165, 1.54) is 6.20 Å². The second-order valence-electron chi connectivity index (χ2n) is 9.39. The van der Waals surface area contributed by atoms with Gasteiger partial charge in [-0.2, -0.15) is 13.2 Å². The summed E-state index contributed by atoms with van der Waals surface area (Å²) in [5.41, 5.74) is 0.153. The van der Waals surface area contributed by atoms with Crippen LogP contribution >= 0.6 is 0 Å². The van der Waals surface area contributed by atoms with Crippen molar-refractivity contribution in [1.29, 1.82) is 0 Å². The number of nitrogens with zero attached hydrogens (tertiary/aromatic N) is 3. The van der Waals surface area contributed by atoms with Crippen LogP contribution in [0.4, 0.5) is 13.2 Å². The molecule has 0 bridgehead atoms. The van der Waals surface area contributed by atoms with Gasteiger partial charge in [0.2, 0.25) is 5.91 Å². The molecule has 1 aromatic heterocycles. The van der Waals surface area contributed by atoms with Gasteiger partial charge in [0.05, 0.1) is 11.1 Å². The van der Waals surface area contributed by atoms with Crippen molar-refractivity contribution in [1.82, 2.24) is 14.8 Å². The molecule has 2 aliphatic heterocycles. The number of rotatable bonds is 3. The van der Waals surface area contributed by atoms with E-state index in [1.807, 2.05) is 4.90 Å². The van der Waals surface area contributed by atoms with Crippen LogP contribution in [0.25, 0.3) is 10.9 Å². The third-order valence-corrected chi connectivity index (χ3v) is 6.86. The number of carbonyl (C=O) groups excluding carboxylic acids is 1. The normalized spacial score (nSPS) is 24.0. The lowest BCUT2D eigenvalue weighted by Crippen LogP contribution is -2.43. The highest BCUT2D eigenvalue weighted by Crippen LogP contribution is 2.39. The largest absolute Gasteiger partial charge is 0.418 e. The Morgan fingerprint density at radius 3 is 2.61 bits per heavy atom. The van der Waals surface area contributed by atoms with Crippen LogP contribution < -0.4 is 0 Å². The maximum atomic E-state index is 13.5. The number of aromatic nitrogens is 1. The third-order valence-electron chi connectivity index (χ3n) is 6.86. The van der Waals surface area contributed by atoms with E-state index in [1.54, 1.807) is 18.2 Å². The van der Waals surface area contributed by atoms with Crippen LogP contribution in [0, 0.1) is 11.8 Å². The molecule has 4 rings (SSSR count). The van der Waals surface area contributed by atoms with E-state index >= 15 is 0 Å². The first-order chi connectivity index (χ1) is 14.7. The lowest BCUT2D eigenvalue weighted by atomic mass is 9.82. The molecule has 0 N–H and O–H groups in total. The molecule has 0 spiro atoms. The summed E-state index contributed by atoms with van der Waals surface area (Å²) in [6.45, 7) is 5.46. The number of benzene rings is 1. The Kier molecular flexibility index (Phi) is 6.24. The number of fused-ring (bicyclic) bond motifs is 1. The van der Waals surface area contributed by atoms with Gasteiger partial charge < -0.3 is 9.80 Å². The van der Waals surface area contributed by atoms with Crippen molar-refractivity contribution in [3.63, 3.8) is 0 Å². The van der Waals surface area contributed by atoms with Gasteiger partial charge in [0.25, 0.3) is 0 Å². The highest BCUT2D eigenvalue weighted by atomic mass is 19.4. The summed E-state index contributed by atoms with van der Waals surface area (Å²) in [6.07, 6.45) is 0.480. The van der Waals surface area contributed by atoms with Gasteiger partial charge in [0, 0.05) is 37.0 Å². The van der Waals surface area contributed by atoms with Crippen LogP contribution in [0.2, 0.25) is 0 Å². The highest BCUT2D eigenvalue weighted by molar-refractivity contribution is 5.86. The Hall–Kier alpha value is -2.15. The zero-order valence-electron chi connectivity index (χ0n) is 18.2. The molecule has 2 unspecified atom stereocenters. The van der Waals surface area contributed by atoms with Crippen LogP contribution in [-0.2, 0) is 11.0 Å². The number of hydrogen-bond donors (Lipinski definition) is 0. The molecule has 2 aliphatic rings. The summed E-state index contributed by atoms with van der Waals surface area (Å²) in [5, 5.41) is 0.541. The van der Waals surface area contributed by atoms with E-state index in [-0.39, 0.29) is 17.3 Å². The van der Waals surface area contributed by atoms with Gasteiger partial charge in [0.1, 0.15) is 0 Å². The Labute approximate surface area is 181 Å². The fourth-order valence-electron chi connectivity index (χ4n) is 5.20. The standard InChI is InChI=1S/C24H30F3N3O/c1-16-12-18(15-30(14-16)22(31)13-17-7-10-29(2)11-8-17)19-5-6-21(24(25,26)27)23-20(19)4-3-9-28-23/h3-6,9,16-18H,7-8,10-15H2,1-2H3. The first kappa shape index (κ1) is 22.1. The van der Waals surface area contributed by atoms with Crippen molar-refractivity contribution in [3.05, 3.63) is 41.6 Å². The second kappa shape index (κ2) is 8.77. The van der Waals surface area contributed by atoms with Crippen LogP contribution in [0.1, 0.15) is 49.7 Å². The predicted molar refractivity (Wildman–Crippen MR) is 115 cm³/mol. The number of halogens is 3. The van der Waals surface area contributed by atoms with Gasteiger partial charge in [-0.3, -0.25) is 9.78 Å². The molecule has 4 nitrogen and oxygen atoms in total. The molecule has 3 heterocycles. The van der Waals surface area contributed by atoms with Crippen molar-refractivity contribution in [2.24, 2.45) is 11.8 Å². The Bertz CT molecular complexity index is 937. The fraction of sp³-hybridized carbons (Fsp3) is 0.583. The molecule has 0 saturated carbocycles. The zero-order chi connectivity index (χ0) is 22.2. The molecular weight excluding hydrogens is 403 g/mol. The molecular formula is C24H30F3N3O. The number of alkyl halides is 3. The van der Waals surface area contributed by atoms with Gasteiger partial charge in [-0.05, 0) is 68.9 Å². The summed E-state index contributed by atoms with van der Waals surface area (Å²) in [7, 11) is 2.11. The lowest BCUT2D eigenvalue weighted by molar-refractivity contribution is -0.136. The molecule has 7 heteroatoms. The maximum Gasteiger partial charge on any atom is 0.418 e. The number of pyridine rings is 1. The van der Waals surface area contributed by atoms with Gasteiger partial charge in [0.15, 0.2) is 0 Å². The van der Waals surface area contributed by atoms with Crippen molar-refractivity contribution < 1.29 is 18.0 Å². The average Bonchev–Trinajstić information content (AvgIpc) is 2.73. The number of piperidine rings is 2. The number of carbonyl (C=O) groups is 1. The first-order valence-corrected chi connectivity index (χ1v) is 11.1. The molecule has 1 aromatic carbocycles. The number of likely N-dealkylation sites (tertiary alicyclic amines) is 2. The van der Waals surface area contributed by atoms with Crippen molar-refractivity contribution in [2.75, 3.05) is 33.2 Å². The molecule has 1 amide bonds. The lowest BCUT2D eigenvalue weighted by Gasteiger charge is -2.38. The van der Waals surface area contributed by atoms with E-state index in [0.29, 0.717) is 30.2 Å². The summed E-state index contributed by atoms with van der Waals surface area (Å²) < 4.78 is 40.4. The Morgan fingerprint density at radius 1 is 1.16 bits per heavy atom. The van der Waals surface area contributed by atoms with Crippen LogP contribution in [0.15, 0.2) is 30.5 Å². The monoisotopic (exact) mass is 433 g/mol. The number of amides is 1. The van der Waals surface area contributed by atoms with Gasteiger partial charge in [-0.1, -0.05) is 19.1 Å². The highest BCUT2D eigenvalue weighted by Gasteiger charge is 2.36. The summed E-state index contributed by atoms with van der Waals surface area (Å²) in [4.78, 5) is 21.4. The van der Waals surface area contributed by atoms with E-state index < -0.39 is 11.7 Å². The van der Waals surface area contributed by atoms with Crippen LogP contribution in [0.3, 0.4) is 0 Å². The molecule has 168 valence electrons. The smallest absolute Gasteiger partial charge is 0.342 e. The topological polar surface area (TPSA) is 36.4 Å². The molecule has 2 aromatic rings. The zero-order valence-corrected chi connectivity index (χ0v) is 18.2. The fourth-order valence-corrected chi connectivity index (χ4v) is 5.20. The van der Waals surface area contributed by atoms with Crippen LogP contribution in [0.5, 0.6) is 0 Å². The quantitative estimate of drug-likeness (QED) is 0.688. The predicted octanol–water partition coefficient (Wildman–Crippen LogP) is 4.94. The first-order valence-electron chi connectivity index (χ1n) is 11.1. The summed E-state index contributed by atoms with van der Waals surface area (Å²) >= 11 is 0. The number of hydrogen-bond acceptors (Lipinski definition) is 3. The van der Waals surface area contributed by atoms with Gasteiger partial charge >= 0.3 is 6.18 Å². The minimum absolute atomic E-state index is 0.00470.